The van der Waals surface area contributed by atoms with Crippen LogP contribution < -0.4 is 9.47 Å². The molecule has 0 radical (unpaired) electrons. The molecule has 1 unspecified atom stereocenters. The van der Waals surface area contributed by atoms with Gasteiger partial charge >= 0.3 is 5.97 Å². The number of carbonyl (C=O) groups excluding carboxylic acids is 2. The van der Waals surface area contributed by atoms with Crippen molar-refractivity contribution in [3.8, 4) is 11.5 Å². The summed E-state index contributed by atoms with van der Waals surface area (Å²) in [7, 11) is 3.19. The molecular formula is C42H63NO5. The average Bonchev–Trinajstić information content (AvgIpc) is 3.36. The standard InChI is InChI=1S/C42H63NO5/c1-4-5-6-7-8-9-10-11-12-13-14-15-16-17-21-24-40(44)48-42(32-36-29-38(46-2)39(47-3)30-37(36)41(42)45)31-34-25-27-43(28-26-34)33-35-22-19-18-20-23-35/h18-20,22-23,29-30,34H,4-17,21,24-28,31-33H2,1-3H3. The fourth-order valence-corrected chi connectivity index (χ4v) is 7.77. The zero-order valence-corrected chi connectivity index (χ0v) is 30.4. The highest BCUT2D eigenvalue weighted by molar-refractivity contribution is 6.08. The molecule has 0 bridgehead atoms. The summed E-state index contributed by atoms with van der Waals surface area (Å²) < 4.78 is 17.4. The van der Waals surface area contributed by atoms with Crippen molar-refractivity contribution in [3.05, 3.63) is 59.2 Å². The predicted molar refractivity (Wildman–Crippen MR) is 195 cm³/mol. The molecule has 1 atom stereocenters. The van der Waals surface area contributed by atoms with E-state index in [1.165, 1.54) is 82.6 Å². The third-order valence-corrected chi connectivity index (χ3v) is 10.6. The molecule has 1 aliphatic heterocycles. The van der Waals surface area contributed by atoms with Crippen molar-refractivity contribution < 1.29 is 23.8 Å². The number of unbranched alkanes of at least 4 members (excludes halogenated alkanes) is 14. The van der Waals surface area contributed by atoms with Gasteiger partial charge in [0, 0.05) is 24.9 Å². The van der Waals surface area contributed by atoms with Gasteiger partial charge in [0.25, 0.3) is 0 Å². The van der Waals surface area contributed by atoms with Crippen LogP contribution in [0.5, 0.6) is 11.5 Å². The Bertz CT molecular complexity index is 1240. The van der Waals surface area contributed by atoms with Crippen LogP contribution in [0.15, 0.2) is 42.5 Å². The van der Waals surface area contributed by atoms with Crippen LogP contribution in [0.25, 0.3) is 0 Å². The molecule has 4 rings (SSSR count). The lowest BCUT2D eigenvalue weighted by atomic mass is 9.82. The first-order valence-corrected chi connectivity index (χ1v) is 19.3. The number of carbonyl (C=O) groups is 2. The van der Waals surface area contributed by atoms with Crippen LogP contribution in [-0.2, 0) is 22.5 Å². The van der Waals surface area contributed by atoms with E-state index in [9.17, 15) is 9.59 Å². The summed E-state index contributed by atoms with van der Waals surface area (Å²) in [5.41, 5.74) is 1.64. The summed E-state index contributed by atoms with van der Waals surface area (Å²) in [5.74, 6) is 1.11. The molecule has 0 aromatic heterocycles. The third kappa shape index (κ3) is 11.6. The number of Topliss-reactive ketones (excluding diaryl/α,β-unsaturated/α-hetero) is 1. The second kappa shape index (κ2) is 20.6. The number of esters is 1. The zero-order chi connectivity index (χ0) is 34.0. The first kappa shape index (κ1) is 38.0. The number of rotatable bonds is 23. The van der Waals surface area contributed by atoms with Gasteiger partial charge in [-0.15, -0.1) is 0 Å². The Morgan fingerprint density at radius 1 is 0.771 bits per heavy atom. The predicted octanol–water partition coefficient (Wildman–Crippen LogP) is 10.3. The van der Waals surface area contributed by atoms with Gasteiger partial charge in [0.1, 0.15) is 0 Å². The first-order chi connectivity index (χ1) is 23.5. The normalized spacial score (nSPS) is 18.2. The number of methoxy groups -OCH3 is 2. The lowest BCUT2D eigenvalue weighted by Crippen LogP contribution is -2.45. The number of fused-ring (bicyclic) bond motifs is 1. The maximum absolute atomic E-state index is 14.1. The Morgan fingerprint density at radius 2 is 1.31 bits per heavy atom. The van der Waals surface area contributed by atoms with Gasteiger partial charge in [-0.2, -0.15) is 0 Å². The smallest absolute Gasteiger partial charge is 0.306 e. The molecule has 48 heavy (non-hydrogen) atoms. The second-order valence-electron chi connectivity index (χ2n) is 14.4. The van der Waals surface area contributed by atoms with E-state index in [-0.39, 0.29) is 11.8 Å². The van der Waals surface area contributed by atoms with Gasteiger partial charge in [-0.05, 0) is 68.0 Å². The molecule has 2 aliphatic rings. The Balaban J connectivity index is 1.22. The number of benzene rings is 2. The van der Waals surface area contributed by atoms with E-state index in [2.05, 4.69) is 42.2 Å². The molecule has 1 saturated heterocycles. The van der Waals surface area contributed by atoms with E-state index >= 15 is 0 Å². The van der Waals surface area contributed by atoms with Crippen molar-refractivity contribution in [2.75, 3.05) is 27.3 Å². The molecule has 0 N–H and O–H groups in total. The van der Waals surface area contributed by atoms with Crippen LogP contribution in [0, 0.1) is 5.92 Å². The van der Waals surface area contributed by atoms with Crippen LogP contribution >= 0.6 is 0 Å². The highest BCUT2D eigenvalue weighted by Gasteiger charge is 2.50. The maximum atomic E-state index is 14.1. The van der Waals surface area contributed by atoms with Crippen molar-refractivity contribution in [2.45, 2.75) is 147 Å². The topological polar surface area (TPSA) is 65.1 Å². The lowest BCUT2D eigenvalue weighted by Gasteiger charge is -2.36. The molecule has 0 amide bonds. The minimum absolute atomic E-state index is 0.0880. The van der Waals surface area contributed by atoms with Crippen LogP contribution in [-0.4, -0.2) is 49.6 Å². The van der Waals surface area contributed by atoms with E-state index in [1.807, 2.05) is 6.07 Å². The monoisotopic (exact) mass is 661 g/mol. The summed E-state index contributed by atoms with van der Waals surface area (Å²) in [4.78, 5) is 30.0. The Labute approximate surface area is 291 Å². The van der Waals surface area contributed by atoms with Gasteiger partial charge in [-0.3, -0.25) is 14.5 Å². The minimum Gasteiger partial charge on any atom is -0.493 e. The van der Waals surface area contributed by atoms with Gasteiger partial charge in [0.05, 0.1) is 14.2 Å². The van der Waals surface area contributed by atoms with E-state index in [0.29, 0.717) is 42.2 Å². The molecule has 1 heterocycles. The fourth-order valence-electron chi connectivity index (χ4n) is 7.77. The fraction of sp³-hybridized carbons (Fsp3) is 0.667. The molecule has 2 aromatic carbocycles. The molecule has 2 aromatic rings. The highest BCUT2D eigenvalue weighted by Crippen LogP contribution is 2.44. The van der Waals surface area contributed by atoms with Crippen LogP contribution in [0.4, 0.5) is 0 Å². The molecule has 6 nitrogen and oxygen atoms in total. The van der Waals surface area contributed by atoms with Crippen molar-refractivity contribution in [3.63, 3.8) is 0 Å². The average molecular weight is 662 g/mol. The van der Waals surface area contributed by atoms with E-state index in [0.717, 1.165) is 57.3 Å². The van der Waals surface area contributed by atoms with E-state index in [1.54, 1.807) is 20.3 Å². The SMILES string of the molecule is CCCCCCCCCCCCCCCCCC(=O)OC1(CC2CCN(Cc3ccccc3)CC2)Cc2cc(OC)c(OC)cc2C1=O. The molecule has 0 spiro atoms. The number of piperidine rings is 1. The van der Waals surface area contributed by atoms with Gasteiger partial charge in [-0.25, -0.2) is 0 Å². The summed E-state index contributed by atoms with van der Waals surface area (Å²) in [6.45, 7) is 5.17. The summed E-state index contributed by atoms with van der Waals surface area (Å²) in [5, 5.41) is 0. The Kier molecular flexibility index (Phi) is 16.3. The number of hydrogen-bond donors (Lipinski definition) is 0. The molecule has 1 aliphatic carbocycles. The largest absolute Gasteiger partial charge is 0.493 e. The van der Waals surface area contributed by atoms with Crippen LogP contribution in [0.3, 0.4) is 0 Å². The molecule has 0 saturated carbocycles. The van der Waals surface area contributed by atoms with Crippen molar-refractivity contribution in [1.82, 2.24) is 4.90 Å². The molecular weight excluding hydrogens is 598 g/mol. The number of ketones is 1. The van der Waals surface area contributed by atoms with E-state index < -0.39 is 5.60 Å². The summed E-state index contributed by atoms with van der Waals surface area (Å²) in [6.07, 6.45) is 22.6. The van der Waals surface area contributed by atoms with Gasteiger partial charge in [0.15, 0.2) is 17.1 Å². The molecule has 6 heteroatoms. The van der Waals surface area contributed by atoms with Crippen LogP contribution in [0.2, 0.25) is 0 Å². The second-order valence-corrected chi connectivity index (χ2v) is 14.4. The first-order valence-electron chi connectivity index (χ1n) is 19.3. The minimum atomic E-state index is -1.15. The van der Waals surface area contributed by atoms with Crippen molar-refractivity contribution in [1.29, 1.82) is 0 Å². The summed E-state index contributed by atoms with van der Waals surface area (Å²) in [6, 6.07) is 14.2. The van der Waals surface area contributed by atoms with Crippen molar-refractivity contribution in [2.24, 2.45) is 5.92 Å². The third-order valence-electron chi connectivity index (χ3n) is 10.6. The number of hydrogen-bond acceptors (Lipinski definition) is 6. The van der Waals surface area contributed by atoms with Gasteiger partial charge in [-0.1, -0.05) is 127 Å². The Hall–Kier alpha value is -2.86. The quantitative estimate of drug-likeness (QED) is 0.0872. The van der Waals surface area contributed by atoms with Gasteiger partial charge < -0.3 is 14.2 Å². The van der Waals surface area contributed by atoms with Gasteiger partial charge in [0.2, 0.25) is 5.78 Å². The van der Waals surface area contributed by atoms with Crippen LogP contribution in [0.1, 0.15) is 150 Å². The zero-order valence-electron chi connectivity index (χ0n) is 30.4. The van der Waals surface area contributed by atoms with E-state index in [4.69, 9.17) is 14.2 Å². The number of likely N-dealkylation sites (tertiary alicyclic amines) is 1. The summed E-state index contributed by atoms with van der Waals surface area (Å²) >= 11 is 0. The lowest BCUT2D eigenvalue weighted by molar-refractivity contribution is -0.156. The number of ether oxygens (including phenoxy) is 3. The number of nitrogens with zero attached hydrogens (tertiary/aromatic N) is 1. The highest BCUT2D eigenvalue weighted by atomic mass is 16.6. The maximum Gasteiger partial charge on any atom is 0.306 e. The molecule has 1 fully saturated rings. The van der Waals surface area contributed by atoms with Crippen molar-refractivity contribution >= 4 is 11.8 Å². The Morgan fingerprint density at radius 3 is 1.88 bits per heavy atom. The molecule has 266 valence electrons.